The van der Waals surface area contributed by atoms with Crippen molar-refractivity contribution in [3.05, 3.63) is 0 Å². The standard InChI is InChI=1S/C20H26O12/c1-7(21)27-15-13-17(29-9(3)23)19(31-11(5)25)14(16(15)28-8(2)22)20(32-12(6)26)18(13)30-10(4)24/h13-20H,1-6H3/t13?,14?,15-,16-,17-,18-,19+,20+/m0/s1. The number of esters is 6. The minimum Gasteiger partial charge on any atom is -0.458 e. The molecule has 6 atom stereocenters. The Hall–Kier alpha value is -3.18. The molecule has 3 rings (SSSR count). The van der Waals surface area contributed by atoms with Gasteiger partial charge in [0.15, 0.2) is 0 Å². The summed E-state index contributed by atoms with van der Waals surface area (Å²) in [6.45, 7) is 6.68. The average Bonchev–Trinajstić information content (AvgIpc) is 2.59. The summed E-state index contributed by atoms with van der Waals surface area (Å²) in [6, 6.07) is 0. The van der Waals surface area contributed by atoms with E-state index in [1.54, 1.807) is 0 Å². The maximum atomic E-state index is 11.8. The number of carbonyl (C=O) groups excluding carboxylic acids is 6. The first-order valence-electron chi connectivity index (χ1n) is 9.86. The highest BCUT2D eigenvalue weighted by atomic mass is 16.6. The van der Waals surface area contributed by atoms with Crippen molar-refractivity contribution < 1.29 is 57.2 Å². The molecule has 0 amide bonds. The van der Waals surface area contributed by atoms with Crippen molar-refractivity contribution in [2.45, 2.75) is 78.2 Å². The van der Waals surface area contributed by atoms with Crippen LogP contribution in [0.15, 0.2) is 0 Å². The van der Waals surface area contributed by atoms with Crippen LogP contribution in [0.2, 0.25) is 0 Å². The monoisotopic (exact) mass is 458 g/mol. The molecule has 0 aromatic rings. The zero-order chi connectivity index (χ0) is 24.3. The van der Waals surface area contributed by atoms with E-state index in [9.17, 15) is 28.8 Å². The predicted molar refractivity (Wildman–Crippen MR) is 100 cm³/mol. The van der Waals surface area contributed by atoms with Crippen molar-refractivity contribution in [1.82, 2.24) is 0 Å². The lowest BCUT2D eigenvalue weighted by Gasteiger charge is -2.57. The van der Waals surface area contributed by atoms with Gasteiger partial charge in [-0.1, -0.05) is 0 Å². The zero-order valence-electron chi connectivity index (χ0n) is 18.5. The third-order valence-corrected chi connectivity index (χ3v) is 5.06. The van der Waals surface area contributed by atoms with Gasteiger partial charge in [-0.3, -0.25) is 28.8 Å². The summed E-state index contributed by atoms with van der Waals surface area (Å²) >= 11 is 0. The third kappa shape index (κ3) is 5.54. The molecule has 0 aliphatic heterocycles. The molecule has 0 aromatic carbocycles. The van der Waals surface area contributed by atoms with Gasteiger partial charge in [-0.15, -0.1) is 0 Å². The lowest BCUT2D eigenvalue weighted by atomic mass is 9.60. The highest BCUT2D eigenvalue weighted by Crippen LogP contribution is 2.50. The van der Waals surface area contributed by atoms with Crippen LogP contribution in [0.5, 0.6) is 0 Å². The molecule has 0 radical (unpaired) electrons. The number of ether oxygens (including phenoxy) is 6. The minimum absolute atomic E-state index is 0.754. The minimum atomic E-state index is -1.26. The molecular formula is C20H26O12. The lowest BCUT2D eigenvalue weighted by molar-refractivity contribution is -0.296. The Morgan fingerprint density at radius 3 is 0.562 bits per heavy atom. The van der Waals surface area contributed by atoms with Gasteiger partial charge >= 0.3 is 35.8 Å². The number of hydrogen-bond acceptors (Lipinski definition) is 12. The molecule has 3 saturated carbocycles. The van der Waals surface area contributed by atoms with E-state index >= 15 is 0 Å². The number of fused-ring (bicyclic) bond motifs is 3. The molecule has 3 aliphatic carbocycles. The third-order valence-electron chi connectivity index (χ3n) is 5.06. The normalized spacial score (nSPS) is 32.8. The molecule has 0 unspecified atom stereocenters. The van der Waals surface area contributed by atoms with E-state index in [2.05, 4.69) is 0 Å². The van der Waals surface area contributed by atoms with Crippen LogP contribution in [-0.4, -0.2) is 72.4 Å². The molecule has 0 heterocycles. The Balaban J connectivity index is 2.72. The second-order valence-corrected chi connectivity index (χ2v) is 7.60. The molecule has 32 heavy (non-hydrogen) atoms. The van der Waals surface area contributed by atoms with Crippen LogP contribution in [0.1, 0.15) is 41.5 Å². The second kappa shape index (κ2) is 9.96. The fraction of sp³-hybridized carbons (Fsp3) is 0.700. The van der Waals surface area contributed by atoms with Gasteiger partial charge in [0.1, 0.15) is 36.6 Å². The van der Waals surface area contributed by atoms with Crippen LogP contribution in [0.3, 0.4) is 0 Å². The SMILES string of the molecule is CC(=O)O[C@@H]1C2[C@@H](OC(C)=O)[C@@H](OC(C)=O)C([C@@H]1OC(C)=O)[C@H](OC(C)=O)[C@H]2OC(C)=O. The largest absolute Gasteiger partial charge is 0.458 e. The van der Waals surface area contributed by atoms with Crippen LogP contribution >= 0.6 is 0 Å². The molecular weight excluding hydrogens is 432 g/mol. The van der Waals surface area contributed by atoms with Crippen LogP contribution in [-0.2, 0) is 57.2 Å². The quantitative estimate of drug-likeness (QED) is 0.383. The molecule has 0 N–H and O–H groups in total. The average molecular weight is 458 g/mol. The molecule has 0 spiro atoms. The van der Waals surface area contributed by atoms with E-state index in [1.807, 2.05) is 0 Å². The summed E-state index contributed by atoms with van der Waals surface area (Å²) in [7, 11) is 0. The van der Waals surface area contributed by atoms with Crippen molar-refractivity contribution in [1.29, 1.82) is 0 Å². The zero-order valence-corrected chi connectivity index (χ0v) is 18.5. The Morgan fingerprint density at radius 2 is 0.469 bits per heavy atom. The summed E-state index contributed by atoms with van der Waals surface area (Å²) in [4.78, 5) is 71.1. The number of carbonyl (C=O) groups is 6. The van der Waals surface area contributed by atoms with Crippen molar-refractivity contribution in [2.24, 2.45) is 11.8 Å². The molecule has 2 bridgehead atoms. The fourth-order valence-corrected chi connectivity index (χ4v) is 4.46. The van der Waals surface area contributed by atoms with Crippen LogP contribution in [0, 0.1) is 11.8 Å². The topological polar surface area (TPSA) is 158 Å². The van der Waals surface area contributed by atoms with E-state index in [-0.39, 0.29) is 0 Å². The molecule has 0 aromatic heterocycles. The van der Waals surface area contributed by atoms with Gasteiger partial charge < -0.3 is 28.4 Å². The smallest absolute Gasteiger partial charge is 0.303 e. The summed E-state index contributed by atoms with van der Waals surface area (Å²) in [5.74, 6) is -6.89. The van der Waals surface area contributed by atoms with Gasteiger partial charge in [-0.2, -0.15) is 0 Å². The number of rotatable bonds is 6. The molecule has 12 heteroatoms. The van der Waals surface area contributed by atoms with Gasteiger partial charge in [0.05, 0.1) is 11.8 Å². The van der Waals surface area contributed by atoms with Crippen molar-refractivity contribution in [3.63, 3.8) is 0 Å². The maximum Gasteiger partial charge on any atom is 0.303 e. The first-order valence-corrected chi connectivity index (χ1v) is 9.86. The van der Waals surface area contributed by atoms with E-state index in [0.717, 1.165) is 41.5 Å². The van der Waals surface area contributed by atoms with Gasteiger partial charge in [-0.25, -0.2) is 0 Å². The second-order valence-electron chi connectivity index (χ2n) is 7.60. The molecule has 3 aliphatic rings. The van der Waals surface area contributed by atoms with Crippen LogP contribution < -0.4 is 0 Å². The van der Waals surface area contributed by atoms with Gasteiger partial charge in [0, 0.05) is 41.5 Å². The van der Waals surface area contributed by atoms with Crippen molar-refractivity contribution in [2.75, 3.05) is 0 Å². The van der Waals surface area contributed by atoms with Crippen molar-refractivity contribution >= 4 is 35.8 Å². The maximum absolute atomic E-state index is 11.8. The highest BCUT2D eigenvalue weighted by Gasteiger charge is 2.70. The van der Waals surface area contributed by atoms with Gasteiger partial charge in [0.25, 0.3) is 0 Å². The summed E-state index contributed by atoms with van der Waals surface area (Å²) in [6.07, 6.45) is -7.53. The first kappa shape index (κ1) is 25.1. The molecule has 3 fully saturated rings. The Labute approximate surface area is 183 Å². The molecule has 0 saturated heterocycles. The van der Waals surface area contributed by atoms with Gasteiger partial charge in [-0.05, 0) is 0 Å². The molecule has 178 valence electrons. The molecule has 12 nitrogen and oxygen atoms in total. The van der Waals surface area contributed by atoms with Crippen LogP contribution in [0.25, 0.3) is 0 Å². The first-order chi connectivity index (χ1) is 14.8. The van der Waals surface area contributed by atoms with E-state index < -0.39 is 84.3 Å². The summed E-state index contributed by atoms with van der Waals surface area (Å²) < 4.78 is 32.3. The van der Waals surface area contributed by atoms with Gasteiger partial charge in [0.2, 0.25) is 0 Å². The highest BCUT2D eigenvalue weighted by molar-refractivity contribution is 5.70. The predicted octanol–water partition coefficient (Wildman–Crippen LogP) is -0.164. The van der Waals surface area contributed by atoms with E-state index in [1.165, 1.54) is 0 Å². The Kier molecular flexibility index (Phi) is 7.81. The Bertz CT molecular complexity index is 634. The Morgan fingerprint density at radius 1 is 0.344 bits per heavy atom. The fourth-order valence-electron chi connectivity index (χ4n) is 4.46. The summed E-state index contributed by atoms with van der Waals surface area (Å²) in [5, 5.41) is 0. The van der Waals surface area contributed by atoms with E-state index in [4.69, 9.17) is 28.4 Å². The summed E-state index contributed by atoms with van der Waals surface area (Å²) in [5.41, 5.74) is 0. The van der Waals surface area contributed by atoms with E-state index in [0.29, 0.717) is 0 Å². The van der Waals surface area contributed by atoms with Crippen molar-refractivity contribution in [3.8, 4) is 0 Å². The van der Waals surface area contributed by atoms with Crippen LogP contribution in [0.4, 0.5) is 0 Å². The number of hydrogen-bond donors (Lipinski definition) is 0. The lowest BCUT2D eigenvalue weighted by Crippen LogP contribution is -2.75.